The summed E-state index contributed by atoms with van der Waals surface area (Å²) in [5, 5.41) is 4.30. The Hall–Kier alpha value is -0.570. The summed E-state index contributed by atoms with van der Waals surface area (Å²) < 4.78 is 5.02. The van der Waals surface area contributed by atoms with Gasteiger partial charge in [0.2, 0.25) is 0 Å². The predicted octanol–water partition coefficient (Wildman–Crippen LogP) is 3.81. The van der Waals surface area contributed by atoms with E-state index < -0.39 is 0 Å². The van der Waals surface area contributed by atoms with Crippen molar-refractivity contribution < 1.29 is 4.74 Å². The van der Waals surface area contributed by atoms with Gasteiger partial charge in [-0.25, -0.2) is 0 Å². The number of hydrogen-bond acceptors (Lipinski definition) is 2. The fraction of sp³-hybridized carbons (Fsp3) is 0.571. The molecular formula is C14H22ClNO. The normalized spacial score (nSPS) is 12.6. The maximum atomic E-state index is 5.86. The van der Waals surface area contributed by atoms with Crippen molar-refractivity contribution >= 4 is 11.6 Å². The molecule has 1 aromatic rings. The number of unbranched alkanes of at least 4 members (excludes halogenated alkanes) is 2. The van der Waals surface area contributed by atoms with Crippen LogP contribution in [0.1, 0.15) is 37.8 Å². The lowest BCUT2D eigenvalue weighted by molar-refractivity contribution is 0.192. The van der Waals surface area contributed by atoms with Crippen LogP contribution in [0.4, 0.5) is 0 Å². The largest absolute Gasteiger partial charge is 0.385 e. The van der Waals surface area contributed by atoms with Crippen LogP contribution in [0.15, 0.2) is 24.3 Å². The number of nitrogens with one attached hydrogen (secondary N) is 1. The van der Waals surface area contributed by atoms with E-state index in [4.69, 9.17) is 16.3 Å². The molecule has 0 saturated carbocycles. The zero-order chi connectivity index (χ0) is 12.5. The maximum Gasteiger partial charge on any atom is 0.0462 e. The van der Waals surface area contributed by atoms with E-state index in [0.29, 0.717) is 6.04 Å². The van der Waals surface area contributed by atoms with Crippen LogP contribution >= 0.6 is 11.6 Å². The van der Waals surface area contributed by atoms with Crippen molar-refractivity contribution in [2.24, 2.45) is 0 Å². The molecule has 17 heavy (non-hydrogen) atoms. The smallest absolute Gasteiger partial charge is 0.0462 e. The van der Waals surface area contributed by atoms with Gasteiger partial charge in [0.05, 0.1) is 0 Å². The third kappa shape index (κ3) is 6.06. The highest BCUT2D eigenvalue weighted by molar-refractivity contribution is 6.30. The third-order valence-corrected chi connectivity index (χ3v) is 3.10. The SMILES string of the molecule is COCCCCCNC(C)c1ccc(Cl)cc1. The van der Waals surface area contributed by atoms with Gasteiger partial charge >= 0.3 is 0 Å². The number of methoxy groups -OCH3 is 1. The first-order chi connectivity index (χ1) is 8.24. The van der Waals surface area contributed by atoms with Crippen molar-refractivity contribution in [1.82, 2.24) is 5.32 Å². The van der Waals surface area contributed by atoms with Gasteiger partial charge in [-0.3, -0.25) is 0 Å². The van der Waals surface area contributed by atoms with Crippen molar-refractivity contribution in [3.8, 4) is 0 Å². The van der Waals surface area contributed by atoms with Crippen LogP contribution in [0.25, 0.3) is 0 Å². The van der Waals surface area contributed by atoms with E-state index in [2.05, 4.69) is 24.4 Å². The standard InChI is InChI=1S/C14H22ClNO/c1-12(13-6-8-14(15)9-7-13)16-10-4-3-5-11-17-2/h6-9,12,16H,3-5,10-11H2,1-2H3. The van der Waals surface area contributed by atoms with E-state index in [-0.39, 0.29) is 0 Å². The second kappa shape index (κ2) is 8.51. The van der Waals surface area contributed by atoms with Crippen LogP contribution in [0.3, 0.4) is 0 Å². The van der Waals surface area contributed by atoms with Crippen LogP contribution in [0.2, 0.25) is 5.02 Å². The summed E-state index contributed by atoms with van der Waals surface area (Å²) in [5.74, 6) is 0. The molecule has 0 aromatic heterocycles. The molecule has 1 N–H and O–H groups in total. The first kappa shape index (κ1) is 14.5. The summed E-state index contributed by atoms with van der Waals surface area (Å²) in [6.45, 7) is 4.10. The van der Waals surface area contributed by atoms with Crippen molar-refractivity contribution in [1.29, 1.82) is 0 Å². The van der Waals surface area contributed by atoms with Crippen molar-refractivity contribution in [3.63, 3.8) is 0 Å². The van der Waals surface area contributed by atoms with E-state index in [0.717, 1.165) is 24.6 Å². The summed E-state index contributed by atoms with van der Waals surface area (Å²) in [4.78, 5) is 0. The molecule has 0 fully saturated rings. The molecule has 0 aliphatic rings. The van der Waals surface area contributed by atoms with Crippen molar-refractivity contribution in [2.75, 3.05) is 20.3 Å². The molecule has 1 aromatic carbocycles. The topological polar surface area (TPSA) is 21.3 Å². The van der Waals surface area contributed by atoms with Crippen LogP contribution in [0, 0.1) is 0 Å². The highest BCUT2D eigenvalue weighted by atomic mass is 35.5. The van der Waals surface area contributed by atoms with Crippen molar-refractivity contribution in [3.05, 3.63) is 34.9 Å². The molecule has 3 heteroatoms. The van der Waals surface area contributed by atoms with Crippen LogP contribution in [0.5, 0.6) is 0 Å². The molecule has 0 aliphatic carbocycles. The quantitative estimate of drug-likeness (QED) is 0.714. The molecule has 0 radical (unpaired) electrons. The first-order valence-corrected chi connectivity index (χ1v) is 6.59. The Kier molecular flexibility index (Phi) is 7.25. The third-order valence-electron chi connectivity index (χ3n) is 2.85. The molecular weight excluding hydrogens is 234 g/mol. The van der Waals surface area contributed by atoms with Crippen LogP contribution < -0.4 is 5.32 Å². The zero-order valence-corrected chi connectivity index (χ0v) is 11.5. The van der Waals surface area contributed by atoms with Gasteiger partial charge in [0.25, 0.3) is 0 Å². The number of benzene rings is 1. The average Bonchev–Trinajstić information content (AvgIpc) is 2.34. The van der Waals surface area contributed by atoms with Crippen LogP contribution in [-0.4, -0.2) is 20.3 Å². The van der Waals surface area contributed by atoms with Gasteiger partial charge in [0.1, 0.15) is 0 Å². The molecule has 0 saturated heterocycles. The van der Waals surface area contributed by atoms with E-state index in [1.165, 1.54) is 18.4 Å². The highest BCUT2D eigenvalue weighted by Crippen LogP contribution is 2.15. The average molecular weight is 256 g/mol. The minimum Gasteiger partial charge on any atom is -0.385 e. The zero-order valence-electron chi connectivity index (χ0n) is 10.7. The molecule has 0 aliphatic heterocycles. The Morgan fingerprint density at radius 2 is 1.88 bits per heavy atom. The van der Waals surface area contributed by atoms with Crippen molar-refractivity contribution in [2.45, 2.75) is 32.2 Å². The van der Waals surface area contributed by atoms with Gasteiger partial charge in [-0.2, -0.15) is 0 Å². The summed E-state index contributed by atoms with van der Waals surface area (Å²) in [7, 11) is 1.75. The maximum absolute atomic E-state index is 5.86. The van der Waals surface area contributed by atoms with E-state index in [1.54, 1.807) is 7.11 Å². The summed E-state index contributed by atoms with van der Waals surface area (Å²) in [6, 6.07) is 8.41. The molecule has 0 amide bonds. The predicted molar refractivity (Wildman–Crippen MR) is 73.6 cm³/mol. The first-order valence-electron chi connectivity index (χ1n) is 6.22. The highest BCUT2D eigenvalue weighted by Gasteiger charge is 2.03. The van der Waals surface area contributed by atoms with E-state index in [1.807, 2.05) is 12.1 Å². The number of halogens is 1. The van der Waals surface area contributed by atoms with E-state index in [9.17, 15) is 0 Å². The Balaban J connectivity index is 2.16. The lowest BCUT2D eigenvalue weighted by Crippen LogP contribution is -2.19. The Bertz CT molecular complexity index is 300. The number of hydrogen-bond donors (Lipinski definition) is 1. The van der Waals surface area contributed by atoms with Gasteiger partial charge in [-0.1, -0.05) is 23.7 Å². The van der Waals surface area contributed by atoms with Gasteiger partial charge in [0.15, 0.2) is 0 Å². The molecule has 0 bridgehead atoms. The molecule has 96 valence electrons. The molecule has 1 atom stereocenters. The van der Waals surface area contributed by atoms with Gasteiger partial charge in [-0.05, 0) is 50.4 Å². The Labute approximate surface area is 109 Å². The minimum absolute atomic E-state index is 0.384. The second-order valence-corrected chi connectivity index (χ2v) is 4.72. The second-order valence-electron chi connectivity index (χ2n) is 4.28. The van der Waals surface area contributed by atoms with Gasteiger partial charge in [-0.15, -0.1) is 0 Å². The Morgan fingerprint density at radius 3 is 2.53 bits per heavy atom. The van der Waals surface area contributed by atoms with Gasteiger partial charge < -0.3 is 10.1 Å². The van der Waals surface area contributed by atoms with E-state index >= 15 is 0 Å². The molecule has 2 nitrogen and oxygen atoms in total. The molecule has 1 unspecified atom stereocenters. The van der Waals surface area contributed by atoms with Gasteiger partial charge in [0, 0.05) is 24.8 Å². The monoisotopic (exact) mass is 255 g/mol. The number of ether oxygens (including phenoxy) is 1. The fourth-order valence-electron chi connectivity index (χ4n) is 1.74. The molecule has 0 heterocycles. The minimum atomic E-state index is 0.384. The molecule has 0 spiro atoms. The lowest BCUT2D eigenvalue weighted by atomic mass is 10.1. The summed E-state index contributed by atoms with van der Waals surface area (Å²) in [5.41, 5.74) is 1.28. The lowest BCUT2D eigenvalue weighted by Gasteiger charge is -2.14. The fourth-order valence-corrected chi connectivity index (χ4v) is 1.86. The Morgan fingerprint density at radius 1 is 1.18 bits per heavy atom. The summed E-state index contributed by atoms with van der Waals surface area (Å²) in [6.07, 6.45) is 3.56. The number of rotatable bonds is 8. The summed E-state index contributed by atoms with van der Waals surface area (Å²) >= 11 is 5.86. The molecule has 1 rings (SSSR count). The van der Waals surface area contributed by atoms with Crippen LogP contribution in [-0.2, 0) is 4.74 Å².